The van der Waals surface area contributed by atoms with Gasteiger partial charge in [-0.2, -0.15) is 0 Å². The molecule has 0 saturated heterocycles. The van der Waals surface area contributed by atoms with Crippen LogP contribution < -0.4 is 0 Å². The molecular formula is C13H17NO2. The summed E-state index contributed by atoms with van der Waals surface area (Å²) in [5.41, 5.74) is 2.00. The van der Waals surface area contributed by atoms with Crippen molar-refractivity contribution in [1.29, 1.82) is 0 Å². The molecule has 0 aliphatic rings. The van der Waals surface area contributed by atoms with E-state index in [0.717, 1.165) is 17.8 Å². The number of benzene rings is 1. The summed E-state index contributed by atoms with van der Waals surface area (Å²) in [7, 11) is 0. The van der Waals surface area contributed by atoms with E-state index < -0.39 is 0 Å². The quantitative estimate of drug-likeness (QED) is 0.563. The first-order valence-corrected chi connectivity index (χ1v) is 5.47. The SMILES string of the molecule is CCC(CCOC(C)=O)=Nc1ccccc1. The highest BCUT2D eigenvalue weighted by Gasteiger charge is 1.99. The minimum Gasteiger partial charge on any atom is -0.465 e. The largest absolute Gasteiger partial charge is 0.465 e. The van der Waals surface area contributed by atoms with Crippen LogP contribution >= 0.6 is 0 Å². The van der Waals surface area contributed by atoms with Crippen LogP contribution in [-0.4, -0.2) is 18.3 Å². The fraction of sp³-hybridized carbons (Fsp3) is 0.385. The molecule has 86 valence electrons. The summed E-state index contributed by atoms with van der Waals surface area (Å²) in [5, 5.41) is 0. The predicted octanol–water partition coefficient (Wildman–Crippen LogP) is 3.12. The Balaban J connectivity index is 2.54. The van der Waals surface area contributed by atoms with Gasteiger partial charge >= 0.3 is 5.97 Å². The fourth-order valence-corrected chi connectivity index (χ4v) is 1.31. The summed E-state index contributed by atoms with van der Waals surface area (Å²) < 4.78 is 4.89. The van der Waals surface area contributed by atoms with Gasteiger partial charge in [0, 0.05) is 19.1 Å². The number of hydrogen-bond acceptors (Lipinski definition) is 3. The predicted molar refractivity (Wildman–Crippen MR) is 65.1 cm³/mol. The smallest absolute Gasteiger partial charge is 0.302 e. The highest BCUT2D eigenvalue weighted by atomic mass is 16.5. The van der Waals surface area contributed by atoms with Crippen LogP contribution in [0.15, 0.2) is 35.3 Å². The molecule has 0 N–H and O–H groups in total. The van der Waals surface area contributed by atoms with Crippen LogP contribution in [-0.2, 0) is 9.53 Å². The van der Waals surface area contributed by atoms with Gasteiger partial charge in [-0.1, -0.05) is 25.1 Å². The Morgan fingerprint density at radius 3 is 2.56 bits per heavy atom. The monoisotopic (exact) mass is 219 g/mol. The van der Waals surface area contributed by atoms with Crippen molar-refractivity contribution in [2.45, 2.75) is 26.7 Å². The molecule has 0 aromatic heterocycles. The van der Waals surface area contributed by atoms with Gasteiger partial charge in [-0.3, -0.25) is 9.79 Å². The number of carbonyl (C=O) groups is 1. The van der Waals surface area contributed by atoms with Crippen LogP contribution in [0.25, 0.3) is 0 Å². The lowest BCUT2D eigenvalue weighted by atomic mass is 10.2. The standard InChI is InChI=1S/C13H17NO2/c1-3-12(9-10-16-11(2)15)14-13-7-5-4-6-8-13/h4-8H,3,9-10H2,1-2H3. The van der Waals surface area contributed by atoms with E-state index in [2.05, 4.69) is 11.9 Å². The van der Waals surface area contributed by atoms with Crippen molar-refractivity contribution in [3.8, 4) is 0 Å². The zero-order chi connectivity index (χ0) is 11.8. The molecule has 0 aliphatic carbocycles. The van der Waals surface area contributed by atoms with Gasteiger partial charge < -0.3 is 4.74 Å². The van der Waals surface area contributed by atoms with Crippen molar-refractivity contribution in [2.24, 2.45) is 4.99 Å². The van der Waals surface area contributed by atoms with Crippen molar-refractivity contribution >= 4 is 17.4 Å². The lowest BCUT2D eigenvalue weighted by Gasteiger charge is -2.04. The lowest BCUT2D eigenvalue weighted by molar-refractivity contribution is -0.140. The number of esters is 1. The summed E-state index contributed by atoms with van der Waals surface area (Å²) in [6.45, 7) is 3.88. The summed E-state index contributed by atoms with van der Waals surface area (Å²) in [6.07, 6.45) is 1.57. The molecule has 0 aliphatic heterocycles. The number of hydrogen-bond donors (Lipinski definition) is 0. The molecule has 0 bridgehead atoms. The van der Waals surface area contributed by atoms with Gasteiger partial charge in [-0.05, 0) is 18.6 Å². The van der Waals surface area contributed by atoms with Crippen molar-refractivity contribution in [2.75, 3.05) is 6.61 Å². The number of aliphatic imine (C=N–C) groups is 1. The number of carbonyl (C=O) groups excluding carboxylic acids is 1. The van der Waals surface area contributed by atoms with E-state index in [1.54, 1.807) is 0 Å². The molecule has 3 nitrogen and oxygen atoms in total. The second-order valence-corrected chi connectivity index (χ2v) is 3.46. The lowest BCUT2D eigenvalue weighted by Crippen LogP contribution is -2.06. The zero-order valence-electron chi connectivity index (χ0n) is 9.77. The first kappa shape index (κ1) is 12.4. The summed E-state index contributed by atoms with van der Waals surface area (Å²) in [4.78, 5) is 15.1. The van der Waals surface area contributed by atoms with Gasteiger partial charge in [0.05, 0.1) is 12.3 Å². The summed E-state index contributed by atoms with van der Waals surface area (Å²) in [5.74, 6) is -0.241. The second kappa shape index (κ2) is 6.77. The average Bonchev–Trinajstić information content (AvgIpc) is 2.28. The number of para-hydroxylation sites is 1. The van der Waals surface area contributed by atoms with E-state index in [1.807, 2.05) is 30.3 Å². The maximum Gasteiger partial charge on any atom is 0.302 e. The molecule has 0 fully saturated rings. The van der Waals surface area contributed by atoms with Gasteiger partial charge in [0.25, 0.3) is 0 Å². The first-order chi connectivity index (χ1) is 7.72. The Bertz CT molecular complexity index is 357. The number of rotatable bonds is 5. The minimum absolute atomic E-state index is 0.241. The molecule has 0 amide bonds. The van der Waals surface area contributed by atoms with Crippen LogP contribution in [0.2, 0.25) is 0 Å². The molecule has 0 saturated carbocycles. The topological polar surface area (TPSA) is 38.7 Å². The normalized spacial score (nSPS) is 11.2. The molecule has 0 radical (unpaired) electrons. The van der Waals surface area contributed by atoms with E-state index in [9.17, 15) is 4.79 Å². The Morgan fingerprint density at radius 2 is 2.00 bits per heavy atom. The van der Waals surface area contributed by atoms with Crippen LogP contribution in [0.4, 0.5) is 5.69 Å². The van der Waals surface area contributed by atoms with Crippen molar-refractivity contribution < 1.29 is 9.53 Å². The van der Waals surface area contributed by atoms with Crippen molar-refractivity contribution in [1.82, 2.24) is 0 Å². The Labute approximate surface area is 96.2 Å². The molecular weight excluding hydrogens is 202 g/mol. The van der Waals surface area contributed by atoms with E-state index in [-0.39, 0.29) is 5.97 Å². The van der Waals surface area contributed by atoms with E-state index >= 15 is 0 Å². The van der Waals surface area contributed by atoms with Crippen LogP contribution in [0, 0.1) is 0 Å². The fourth-order valence-electron chi connectivity index (χ4n) is 1.31. The third-order valence-electron chi connectivity index (χ3n) is 2.15. The van der Waals surface area contributed by atoms with Crippen LogP contribution in [0.3, 0.4) is 0 Å². The highest BCUT2D eigenvalue weighted by molar-refractivity contribution is 5.86. The van der Waals surface area contributed by atoms with Gasteiger partial charge in [-0.25, -0.2) is 0 Å². The maximum atomic E-state index is 10.6. The molecule has 0 spiro atoms. The third kappa shape index (κ3) is 4.73. The molecule has 0 heterocycles. The molecule has 16 heavy (non-hydrogen) atoms. The van der Waals surface area contributed by atoms with Crippen LogP contribution in [0.5, 0.6) is 0 Å². The van der Waals surface area contributed by atoms with E-state index in [4.69, 9.17) is 4.74 Å². The van der Waals surface area contributed by atoms with E-state index in [0.29, 0.717) is 13.0 Å². The Kier molecular flexibility index (Phi) is 5.26. The Morgan fingerprint density at radius 1 is 1.31 bits per heavy atom. The van der Waals surface area contributed by atoms with Crippen molar-refractivity contribution in [3.05, 3.63) is 30.3 Å². The van der Waals surface area contributed by atoms with Crippen molar-refractivity contribution in [3.63, 3.8) is 0 Å². The molecule has 3 heteroatoms. The molecule has 0 unspecified atom stereocenters. The number of nitrogens with zero attached hydrogens (tertiary/aromatic N) is 1. The molecule has 1 aromatic rings. The molecule has 1 aromatic carbocycles. The summed E-state index contributed by atoms with van der Waals surface area (Å²) >= 11 is 0. The average molecular weight is 219 g/mol. The zero-order valence-corrected chi connectivity index (χ0v) is 9.77. The highest BCUT2D eigenvalue weighted by Crippen LogP contribution is 2.12. The first-order valence-electron chi connectivity index (χ1n) is 5.47. The Hall–Kier alpha value is -1.64. The molecule has 0 atom stereocenters. The third-order valence-corrected chi connectivity index (χ3v) is 2.15. The van der Waals surface area contributed by atoms with Gasteiger partial charge in [0.2, 0.25) is 0 Å². The number of ether oxygens (including phenoxy) is 1. The van der Waals surface area contributed by atoms with Crippen LogP contribution in [0.1, 0.15) is 26.7 Å². The molecule has 1 rings (SSSR count). The minimum atomic E-state index is -0.241. The second-order valence-electron chi connectivity index (χ2n) is 3.46. The van der Waals surface area contributed by atoms with Gasteiger partial charge in [0.15, 0.2) is 0 Å². The summed E-state index contributed by atoms with van der Waals surface area (Å²) in [6, 6.07) is 9.79. The van der Waals surface area contributed by atoms with E-state index in [1.165, 1.54) is 6.92 Å². The van der Waals surface area contributed by atoms with Gasteiger partial charge in [0.1, 0.15) is 0 Å². The maximum absolute atomic E-state index is 10.6. The van der Waals surface area contributed by atoms with Gasteiger partial charge in [-0.15, -0.1) is 0 Å².